The third-order valence-electron chi connectivity index (χ3n) is 6.69. The van der Waals surface area contributed by atoms with Gasteiger partial charge in [0.1, 0.15) is 0 Å². The summed E-state index contributed by atoms with van der Waals surface area (Å²) in [5.41, 5.74) is 8.84. The fraction of sp³-hybridized carbons (Fsp3) is 0.0312. The molecule has 0 spiro atoms. The second kappa shape index (κ2) is 9.29. The van der Waals surface area contributed by atoms with E-state index >= 15 is 0 Å². The molecule has 0 N–H and O–H groups in total. The first-order chi connectivity index (χ1) is 18.7. The minimum Gasteiger partial charge on any atom is -0.222 e. The van der Waals surface area contributed by atoms with Crippen molar-refractivity contribution in [2.75, 3.05) is 0 Å². The Morgan fingerprint density at radius 3 is 1.74 bits per heavy atom. The van der Waals surface area contributed by atoms with Gasteiger partial charge in [-0.15, -0.1) is 0 Å². The molecule has 6 aromatic rings. The summed E-state index contributed by atoms with van der Waals surface area (Å²) < 4.78 is 0. The lowest BCUT2D eigenvalue weighted by molar-refractivity contribution is 1.07. The Morgan fingerprint density at radius 1 is 0.500 bits per heavy atom. The van der Waals surface area contributed by atoms with E-state index in [0.717, 1.165) is 51.2 Å². The highest BCUT2D eigenvalue weighted by Crippen LogP contribution is 2.42. The lowest BCUT2D eigenvalue weighted by Crippen LogP contribution is -2.00. The molecule has 7 rings (SSSR count). The molecule has 2 aromatic heterocycles. The highest BCUT2D eigenvalue weighted by Gasteiger charge is 2.25. The van der Waals surface area contributed by atoms with Crippen LogP contribution in [0.25, 0.3) is 56.5 Å². The fourth-order valence-electron chi connectivity index (χ4n) is 4.94. The summed E-state index contributed by atoms with van der Waals surface area (Å²) >= 11 is 6.40. The second-order valence-electron chi connectivity index (χ2n) is 9.12. The average molecular weight is 510 g/mol. The average Bonchev–Trinajstić information content (AvgIpc) is 3.35. The Morgan fingerprint density at radius 2 is 1.05 bits per heavy atom. The second-order valence-corrected chi connectivity index (χ2v) is 9.45. The van der Waals surface area contributed by atoms with E-state index in [1.54, 1.807) is 0 Å². The van der Waals surface area contributed by atoms with Crippen LogP contribution in [-0.2, 0) is 6.42 Å². The van der Waals surface area contributed by atoms with E-state index in [2.05, 4.69) is 34.2 Å². The first kappa shape index (κ1) is 22.5. The third-order valence-corrected chi connectivity index (χ3v) is 6.86. The minimum absolute atomic E-state index is 0.245. The number of benzene rings is 4. The van der Waals surface area contributed by atoms with Crippen LogP contribution in [0.5, 0.6) is 0 Å². The van der Waals surface area contributed by atoms with E-state index in [1.165, 1.54) is 5.56 Å². The van der Waals surface area contributed by atoms with Crippen LogP contribution in [0.4, 0.5) is 0 Å². The molecule has 5 nitrogen and oxygen atoms in total. The number of hydrogen-bond donors (Lipinski definition) is 0. The van der Waals surface area contributed by atoms with Crippen LogP contribution in [0, 0.1) is 0 Å². The standard InChI is InChI=1S/C32H20ClN5/c33-32-34-26-19-22-14-7-8-17-25(22)27(26)28(35-32)23-15-9-16-24(18-23)31-37-29(20-10-3-1-4-11-20)36-30(38-31)21-12-5-2-6-13-21/h1-18H,19H2. The number of nitrogens with zero attached hydrogens (tertiary/aromatic N) is 5. The van der Waals surface area contributed by atoms with Gasteiger partial charge in [0.2, 0.25) is 5.28 Å². The SMILES string of the molecule is Clc1nc2c(c(-c3cccc(-c4nc(-c5ccccc5)nc(-c5ccccc5)n4)c3)n1)-c1ccccc1C2. The van der Waals surface area contributed by atoms with Gasteiger partial charge in [0, 0.05) is 34.2 Å². The van der Waals surface area contributed by atoms with Crippen molar-refractivity contribution in [1.29, 1.82) is 0 Å². The van der Waals surface area contributed by atoms with Crippen molar-refractivity contribution in [2.24, 2.45) is 0 Å². The summed E-state index contributed by atoms with van der Waals surface area (Å²) in [6, 6.07) is 36.4. The number of halogens is 1. The zero-order chi connectivity index (χ0) is 25.5. The Labute approximate surface area is 224 Å². The number of fused-ring (bicyclic) bond motifs is 3. The molecule has 6 heteroatoms. The highest BCUT2D eigenvalue weighted by molar-refractivity contribution is 6.28. The lowest BCUT2D eigenvalue weighted by atomic mass is 9.99. The summed E-state index contributed by atoms with van der Waals surface area (Å²) in [6.07, 6.45) is 0.745. The Balaban J connectivity index is 1.40. The van der Waals surface area contributed by atoms with Crippen LogP contribution in [0.2, 0.25) is 5.28 Å². The highest BCUT2D eigenvalue weighted by atomic mass is 35.5. The van der Waals surface area contributed by atoms with Gasteiger partial charge in [0.25, 0.3) is 0 Å². The van der Waals surface area contributed by atoms with Crippen molar-refractivity contribution in [2.45, 2.75) is 6.42 Å². The van der Waals surface area contributed by atoms with Crippen molar-refractivity contribution in [1.82, 2.24) is 24.9 Å². The number of aromatic nitrogens is 5. The van der Waals surface area contributed by atoms with Crippen molar-refractivity contribution in [3.05, 3.63) is 126 Å². The van der Waals surface area contributed by atoms with Gasteiger partial charge >= 0.3 is 0 Å². The Bertz CT molecular complexity index is 1750. The van der Waals surface area contributed by atoms with Crippen molar-refractivity contribution in [3.8, 4) is 56.5 Å². The van der Waals surface area contributed by atoms with E-state index in [0.29, 0.717) is 17.5 Å². The predicted octanol–water partition coefficient (Wildman–Crippen LogP) is 7.55. The maximum atomic E-state index is 6.40. The zero-order valence-corrected chi connectivity index (χ0v) is 21.0. The van der Waals surface area contributed by atoms with Crippen LogP contribution in [0.3, 0.4) is 0 Å². The molecular weight excluding hydrogens is 490 g/mol. The molecule has 0 fully saturated rings. The van der Waals surface area contributed by atoms with Crippen LogP contribution in [0.15, 0.2) is 109 Å². The molecule has 180 valence electrons. The van der Waals surface area contributed by atoms with E-state index < -0.39 is 0 Å². The molecule has 38 heavy (non-hydrogen) atoms. The molecule has 4 aromatic carbocycles. The van der Waals surface area contributed by atoms with Crippen molar-refractivity contribution in [3.63, 3.8) is 0 Å². The van der Waals surface area contributed by atoms with E-state index in [-0.39, 0.29) is 5.28 Å². The van der Waals surface area contributed by atoms with Gasteiger partial charge in [-0.05, 0) is 28.8 Å². The maximum absolute atomic E-state index is 6.40. The first-order valence-electron chi connectivity index (χ1n) is 12.4. The van der Waals surface area contributed by atoms with Crippen molar-refractivity contribution >= 4 is 11.6 Å². The summed E-state index contributed by atoms with van der Waals surface area (Å²) in [5, 5.41) is 0.245. The number of hydrogen-bond acceptors (Lipinski definition) is 5. The lowest BCUT2D eigenvalue weighted by Gasteiger charge is -2.11. The maximum Gasteiger partial charge on any atom is 0.223 e. The summed E-state index contributed by atoms with van der Waals surface area (Å²) in [7, 11) is 0. The summed E-state index contributed by atoms with van der Waals surface area (Å²) in [5.74, 6) is 1.84. The molecule has 0 amide bonds. The first-order valence-corrected chi connectivity index (χ1v) is 12.7. The molecule has 0 bridgehead atoms. The molecule has 2 heterocycles. The van der Waals surface area contributed by atoms with Gasteiger partial charge in [0.05, 0.1) is 11.4 Å². The van der Waals surface area contributed by atoms with Crippen LogP contribution < -0.4 is 0 Å². The summed E-state index contributed by atoms with van der Waals surface area (Å²) in [4.78, 5) is 23.8. The van der Waals surface area contributed by atoms with E-state index in [1.807, 2.05) is 84.9 Å². The van der Waals surface area contributed by atoms with E-state index in [9.17, 15) is 0 Å². The minimum atomic E-state index is 0.245. The molecule has 0 saturated heterocycles. The topological polar surface area (TPSA) is 64.5 Å². The Kier molecular flexibility index (Phi) is 5.49. The Hall–Kier alpha value is -4.74. The largest absolute Gasteiger partial charge is 0.223 e. The molecule has 1 aliphatic rings. The van der Waals surface area contributed by atoms with Gasteiger partial charge in [-0.25, -0.2) is 24.9 Å². The number of rotatable bonds is 4. The molecule has 0 radical (unpaired) electrons. The molecule has 0 aliphatic heterocycles. The van der Waals surface area contributed by atoms with Crippen LogP contribution in [0.1, 0.15) is 11.3 Å². The fourth-order valence-corrected chi connectivity index (χ4v) is 5.13. The molecular formula is C32H20ClN5. The van der Waals surface area contributed by atoms with Gasteiger partial charge in [0.15, 0.2) is 17.5 Å². The molecule has 0 unspecified atom stereocenters. The predicted molar refractivity (Wildman–Crippen MR) is 150 cm³/mol. The molecule has 0 saturated carbocycles. The van der Waals surface area contributed by atoms with Gasteiger partial charge in [-0.2, -0.15) is 0 Å². The zero-order valence-electron chi connectivity index (χ0n) is 20.2. The van der Waals surface area contributed by atoms with Crippen molar-refractivity contribution < 1.29 is 0 Å². The van der Waals surface area contributed by atoms with Gasteiger partial charge < -0.3 is 0 Å². The third kappa shape index (κ3) is 4.03. The van der Waals surface area contributed by atoms with Gasteiger partial charge in [-0.3, -0.25) is 0 Å². The molecule has 0 atom stereocenters. The quantitative estimate of drug-likeness (QED) is 0.229. The molecule has 1 aliphatic carbocycles. The van der Waals surface area contributed by atoms with Crippen LogP contribution in [-0.4, -0.2) is 24.9 Å². The van der Waals surface area contributed by atoms with Crippen LogP contribution >= 0.6 is 11.6 Å². The van der Waals surface area contributed by atoms with Gasteiger partial charge in [-0.1, -0.05) is 103 Å². The smallest absolute Gasteiger partial charge is 0.222 e. The normalized spacial score (nSPS) is 11.7. The monoisotopic (exact) mass is 509 g/mol. The summed E-state index contributed by atoms with van der Waals surface area (Å²) in [6.45, 7) is 0. The van der Waals surface area contributed by atoms with E-state index in [4.69, 9.17) is 26.6 Å².